The van der Waals surface area contributed by atoms with Gasteiger partial charge in [-0.2, -0.15) is 0 Å². The quantitative estimate of drug-likeness (QED) is 0.751. The minimum absolute atomic E-state index is 0.238. The van der Waals surface area contributed by atoms with Crippen LogP contribution in [0.1, 0.15) is 15.2 Å². The molecule has 3 heterocycles. The number of rotatable bonds is 3. The number of thiophene rings is 1. The van der Waals surface area contributed by atoms with Crippen LogP contribution in [-0.4, -0.2) is 57.8 Å². The van der Waals surface area contributed by atoms with Crippen LogP contribution in [0, 0.1) is 6.92 Å². The summed E-state index contributed by atoms with van der Waals surface area (Å²) in [5.74, 6) is -1.31. The van der Waals surface area contributed by atoms with Crippen molar-refractivity contribution in [2.75, 3.05) is 24.5 Å². The zero-order valence-electron chi connectivity index (χ0n) is 11.7. The molecule has 1 saturated heterocycles. The maximum absolute atomic E-state index is 11.3. The first-order chi connectivity index (χ1) is 10.5. The Kier molecular flexibility index (Phi) is 3.67. The first-order valence-electron chi connectivity index (χ1n) is 6.67. The number of anilines is 1. The number of carboxylic acids is 2. The van der Waals surface area contributed by atoms with Crippen molar-refractivity contribution in [1.82, 2.24) is 15.3 Å². The Labute approximate surface area is 129 Å². The molecule has 116 valence electrons. The van der Waals surface area contributed by atoms with Gasteiger partial charge >= 0.3 is 11.9 Å². The Morgan fingerprint density at radius 3 is 2.86 bits per heavy atom. The van der Waals surface area contributed by atoms with E-state index in [2.05, 4.69) is 15.3 Å². The summed E-state index contributed by atoms with van der Waals surface area (Å²) in [6.07, 6.45) is 1.39. The third-order valence-electron chi connectivity index (χ3n) is 3.67. The number of hydrogen-bond acceptors (Lipinski definition) is 7. The van der Waals surface area contributed by atoms with E-state index in [4.69, 9.17) is 5.11 Å². The molecule has 2 aromatic rings. The normalized spacial score (nSPS) is 18.6. The van der Waals surface area contributed by atoms with Crippen LogP contribution >= 0.6 is 11.3 Å². The highest BCUT2D eigenvalue weighted by atomic mass is 32.1. The Morgan fingerprint density at radius 2 is 2.18 bits per heavy atom. The zero-order valence-corrected chi connectivity index (χ0v) is 12.6. The molecule has 0 radical (unpaired) electrons. The second kappa shape index (κ2) is 5.50. The van der Waals surface area contributed by atoms with Gasteiger partial charge in [0.25, 0.3) is 0 Å². The van der Waals surface area contributed by atoms with Gasteiger partial charge in [-0.15, -0.1) is 11.3 Å². The van der Waals surface area contributed by atoms with Crippen LogP contribution in [0.15, 0.2) is 6.33 Å². The highest BCUT2D eigenvalue weighted by Gasteiger charge is 2.28. The topological polar surface area (TPSA) is 116 Å². The molecule has 0 unspecified atom stereocenters. The van der Waals surface area contributed by atoms with Crippen molar-refractivity contribution in [3.8, 4) is 0 Å². The predicted octanol–water partition coefficient (Wildman–Crippen LogP) is 0.561. The van der Waals surface area contributed by atoms with Gasteiger partial charge in [0.15, 0.2) is 0 Å². The molecule has 3 rings (SSSR count). The smallest absolute Gasteiger partial charge is 0.346 e. The molecule has 3 N–H and O–H groups in total. The molecular weight excluding hydrogens is 308 g/mol. The van der Waals surface area contributed by atoms with E-state index in [0.29, 0.717) is 34.7 Å². The molecule has 0 aromatic carbocycles. The van der Waals surface area contributed by atoms with Crippen LogP contribution in [0.4, 0.5) is 5.82 Å². The SMILES string of the molecule is Cc1c(C(=O)O)sc2ncnc(N3CCN[C@H](C(=O)O)C3)c12. The summed E-state index contributed by atoms with van der Waals surface area (Å²) in [4.78, 5) is 33.6. The van der Waals surface area contributed by atoms with Gasteiger partial charge < -0.3 is 20.4 Å². The average molecular weight is 322 g/mol. The van der Waals surface area contributed by atoms with Crippen LogP contribution in [-0.2, 0) is 4.79 Å². The summed E-state index contributed by atoms with van der Waals surface area (Å²) >= 11 is 1.11. The van der Waals surface area contributed by atoms with Gasteiger partial charge in [-0.1, -0.05) is 0 Å². The lowest BCUT2D eigenvalue weighted by Gasteiger charge is -2.32. The second-order valence-electron chi connectivity index (χ2n) is 5.03. The fourth-order valence-electron chi connectivity index (χ4n) is 2.60. The van der Waals surface area contributed by atoms with Gasteiger partial charge in [0.1, 0.15) is 27.9 Å². The highest BCUT2D eigenvalue weighted by Crippen LogP contribution is 2.35. The highest BCUT2D eigenvalue weighted by molar-refractivity contribution is 7.20. The molecule has 1 aliphatic rings. The molecule has 0 bridgehead atoms. The summed E-state index contributed by atoms with van der Waals surface area (Å²) in [6.45, 7) is 3.14. The number of carbonyl (C=O) groups is 2. The van der Waals surface area contributed by atoms with Gasteiger partial charge in [-0.05, 0) is 12.5 Å². The first kappa shape index (κ1) is 14.7. The summed E-state index contributed by atoms with van der Waals surface area (Å²) < 4.78 is 0. The number of aromatic carboxylic acids is 1. The summed E-state index contributed by atoms with van der Waals surface area (Å²) in [6, 6.07) is -0.670. The van der Waals surface area contributed by atoms with Crippen LogP contribution in [0.25, 0.3) is 10.2 Å². The number of aliphatic carboxylic acids is 1. The number of piperazine rings is 1. The number of fused-ring (bicyclic) bond motifs is 1. The minimum atomic E-state index is -0.991. The van der Waals surface area contributed by atoms with E-state index in [1.165, 1.54) is 6.33 Å². The minimum Gasteiger partial charge on any atom is -0.480 e. The van der Waals surface area contributed by atoms with Crippen molar-refractivity contribution < 1.29 is 19.8 Å². The lowest BCUT2D eigenvalue weighted by atomic mass is 10.1. The molecule has 9 heteroatoms. The van der Waals surface area contributed by atoms with Crippen molar-refractivity contribution in [3.05, 3.63) is 16.8 Å². The van der Waals surface area contributed by atoms with E-state index in [9.17, 15) is 14.7 Å². The van der Waals surface area contributed by atoms with E-state index < -0.39 is 18.0 Å². The third-order valence-corrected chi connectivity index (χ3v) is 4.86. The Morgan fingerprint density at radius 1 is 1.41 bits per heavy atom. The summed E-state index contributed by atoms with van der Waals surface area (Å²) in [5, 5.41) is 22.0. The van der Waals surface area contributed by atoms with E-state index in [1.807, 2.05) is 4.90 Å². The third kappa shape index (κ3) is 2.38. The molecule has 2 aromatic heterocycles. The number of nitrogens with one attached hydrogen (secondary N) is 1. The molecule has 0 saturated carbocycles. The number of nitrogens with zero attached hydrogens (tertiary/aromatic N) is 3. The Hall–Kier alpha value is -2.26. The van der Waals surface area contributed by atoms with Crippen LogP contribution < -0.4 is 10.2 Å². The Balaban J connectivity index is 2.07. The van der Waals surface area contributed by atoms with Crippen molar-refractivity contribution in [3.63, 3.8) is 0 Å². The summed E-state index contributed by atoms with van der Waals surface area (Å²) in [5.41, 5.74) is 0.619. The van der Waals surface area contributed by atoms with Crippen molar-refractivity contribution in [2.45, 2.75) is 13.0 Å². The van der Waals surface area contributed by atoms with Crippen LogP contribution in [0.5, 0.6) is 0 Å². The Bertz CT molecular complexity index is 760. The van der Waals surface area contributed by atoms with Crippen molar-refractivity contribution in [1.29, 1.82) is 0 Å². The zero-order chi connectivity index (χ0) is 15.9. The summed E-state index contributed by atoms with van der Waals surface area (Å²) in [7, 11) is 0. The maximum Gasteiger partial charge on any atom is 0.346 e. The lowest BCUT2D eigenvalue weighted by molar-refractivity contribution is -0.139. The molecule has 1 atom stereocenters. The van der Waals surface area contributed by atoms with Gasteiger partial charge in [0, 0.05) is 19.6 Å². The maximum atomic E-state index is 11.3. The first-order valence-corrected chi connectivity index (χ1v) is 7.49. The van der Waals surface area contributed by atoms with Gasteiger partial charge in [0.05, 0.1) is 5.39 Å². The van der Waals surface area contributed by atoms with E-state index >= 15 is 0 Å². The second-order valence-corrected chi connectivity index (χ2v) is 6.03. The lowest BCUT2D eigenvalue weighted by Crippen LogP contribution is -2.54. The number of carboxylic acid groups (broad SMARTS) is 2. The number of hydrogen-bond donors (Lipinski definition) is 3. The largest absolute Gasteiger partial charge is 0.480 e. The fraction of sp³-hybridized carbons (Fsp3) is 0.385. The average Bonchev–Trinajstić information content (AvgIpc) is 2.85. The van der Waals surface area contributed by atoms with Crippen molar-refractivity contribution >= 4 is 39.3 Å². The molecule has 0 amide bonds. The van der Waals surface area contributed by atoms with E-state index in [-0.39, 0.29) is 11.4 Å². The molecule has 0 spiro atoms. The van der Waals surface area contributed by atoms with Crippen molar-refractivity contribution in [2.24, 2.45) is 0 Å². The van der Waals surface area contributed by atoms with Gasteiger partial charge in [0.2, 0.25) is 0 Å². The molecule has 0 aliphatic carbocycles. The number of aromatic nitrogens is 2. The molecule has 1 aliphatic heterocycles. The molecular formula is C13H14N4O4S. The van der Waals surface area contributed by atoms with Crippen LogP contribution in [0.2, 0.25) is 0 Å². The fourth-order valence-corrected chi connectivity index (χ4v) is 3.59. The predicted molar refractivity (Wildman–Crippen MR) is 80.8 cm³/mol. The standard InChI is InChI=1S/C13H14N4O4S/c1-6-8-10(17-3-2-14-7(4-17)12(18)19)15-5-16-11(8)22-9(6)13(20)21/h5,7,14H,2-4H2,1H3,(H,18,19)(H,20,21)/t7-/m0/s1. The number of aryl methyl sites for hydroxylation is 1. The molecule has 22 heavy (non-hydrogen) atoms. The van der Waals surface area contributed by atoms with E-state index in [0.717, 1.165) is 11.3 Å². The van der Waals surface area contributed by atoms with Gasteiger partial charge in [-0.3, -0.25) is 4.79 Å². The van der Waals surface area contributed by atoms with Gasteiger partial charge in [-0.25, -0.2) is 14.8 Å². The molecule has 8 nitrogen and oxygen atoms in total. The van der Waals surface area contributed by atoms with Crippen LogP contribution in [0.3, 0.4) is 0 Å². The monoisotopic (exact) mass is 322 g/mol. The van der Waals surface area contributed by atoms with E-state index in [1.54, 1.807) is 6.92 Å². The molecule has 1 fully saturated rings.